The zero-order chi connectivity index (χ0) is 22.4. The molecule has 32 heavy (non-hydrogen) atoms. The first-order chi connectivity index (χ1) is 14.9. The number of amides is 1. The Morgan fingerprint density at radius 2 is 1.81 bits per heavy atom. The Morgan fingerprint density at radius 1 is 1.12 bits per heavy atom. The highest BCUT2D eigenvalue weighted by atomic mass is 35.5. The number of benzene rings is 2. The number of likely N-dealkylation sites (N-methyl/N-ethyl adjacent to an activating group) is 1. The first kappa shape index (κ1) is 25.5. The van der Waals surface area contributed by atoms with Gasteiger partial charge in [-0.1, -0.05) is 37.3 Å². The average Bonchev–Trinajstić information content (AvgIpc) is 3.19. The summed E-state index contributed by atoms with van der Waals surface area (Å²) in [5.74, 6) is 0.654. The average molecular weight is 479 g/mol. The van der Waals surface area contributed by atoms with Gasteiger partial charge >= 0.3 is 0 Å². The summed E-state index contributed by atoms with van der Waals surface area (Å²) in [7, 11) is 1.62. The highest BCUT2D eigenvalue weighted by Gasteiger charge is 2.21. The van der Waals surface area contributed by atoms with Crippen LogP contribution < -0.4 is 9.64 Å². The molecular formula is C22H27ClN4O4S. The number of anilines is 1. The van der Waals surface area contributed by atoms with Crippen LogP contribution in [0.2, 0.25) is 0 Å². The molecule has 0 atom stereocenters. The highest BCUT2D eigenvalue weighted by molar-refractivity contribution is 7.22. The third-order valence-corrected chi connectivity index (χ3v) is 6.19. The number of ether oxygens (including phenoxy) is 1. The van der Waals surface area contributed by atoms with Gasteiger partial charge in [0.1, 0.15) is 5.75 Å². The highest BCUT2D eigenvalue weighted by Crippen LogP contribution is 2.32. The molecule has 0 spiro atoms. The molecule has 0 N–H and O–H groups in total. The second-order valence-electron chi connectivity index (χ2n) is 7.00. The van der Waals surface area contributed by atoms with E-state index in [9.17, 15) is 14.9 Å². The van der Waals surface area contributed by atoms with Crippen LogP contribution in [0.3, 0.4) is 0 Å². The summed E-state index contributed by atoms with van der Waals surface area (Å²) in [6.07, 6.45) is 0.148. The third kappa shape index (κ3) is 6.15. The topological polar surface area (TPSA) is 88.8 Å². The quantitative estimate of drug-likeness (QED) is 0.313. The van der Waals surface area contributed by atoms with Crippen molar-refractivity contribution in [3.05, 3.63) is 58.1 Å². The molecule has 0 aliphatic rings. The predicted octanol–water partition coefficient (Wildman–Crippen LogP) is 4.55. The maximum Gasteiger partial charge on any atom is 0.269 e. The molecule has 0 aliphatic heterocycles. The smallest absolute Gasteiger partial charge is 0.269 e. The van der Waals surface area contributed by atoms with Gasteiger partial charge in [0, 0.05) is 25.2 Å². The van der Waals surface area contributed by atoms with Crippen molar-refractivity contribution in [3.63, 3.8) is 0 Å². The minimum atomic E-state index is -0.447. The lowest BCUT2D eigenvalue weighted by molar-refractivity contribution is -0.384. The third-order valence-electron chi connectivity index (χ3n) is 5.15. The van der Waals surface area contributed by atoms with Crippen LogP contribution in [0.4, 0.5) is 10.8 Å². The first-order valence-corrected chi connectivity index (χ1v) is 11.0. The number of hydrogen-bond acceptors (Lipinski definition) is 7. The molecule has 1 heterocycles. The summed E-state index contributed by atoms with van der Waals surface area (Å²) in [5.41, 5.74) is 1.55. The number of fused-ring (bicyclic) bond motifs is 1. The number of nitro benzene ring substituents is 1. The second kappa shape index (κ2) is 11.8. The normalized spacial score (nSPS) is 10.8. The SMILES string of the molecule is CCN(CC)CCN(C(=O)Cc1ccc([N+](=O)[O-])cc1)c1nc2ccc(OC)cc2s1.Cl. The minimum absolute atomic E-state index is 0. The number of methoxy groups -OCH3 is 1. The lowest BCUT2D eigenvalue weighted by Gasteiger charge is -2.24. The summed E-state index contributed by atoms with van der Waals surface area (Å²) >= 11 is 1.45. The molecule has 3 rings (SSSR count). The Bertz CT molecular complexity index is 1050. The number of hydrogen-bond donors (Lipinski definition) is 0. The number of rotatable bonds is 10. The number of halogens is 1. The van der Waals surface area contributed by atoms with E-state index in [4.69, 9.17) is 4.74 Å². The standard InChI is InChI=1S/C22H26N4O4S.ClH/c1-4-24(5-2)12-13-25(21(27)14-16-6-8-17(9-7-16)26(28)29)22-23-19-11-10-18(30-3)15-20(19)31-22;/h6-11,15H,4-5,12-14H2,1-3H3;1H. The van der Waals surface area contributed by atoms with E-state index in [0.717, 1.165) is 41.2 Å². The van der Waals surface area contributed by atoms with E-state index in [1.165, 1.54) is 23.5 Å². The Hall–Kier alpha value is -2.75. The molecule has 0 aliphatic carbocycles. The maximum atomic E-state index is 13.2. The van der Waals surface area contributed by atoms with Gasteiger partial charge in [-0.3, -0.25) is 19.8 Å². The molecule has 10 heteroatoms. The maximum absolute atomic E-state index is 13.2. The Balaban J connectivity index is 0.00000363. The van der Waals surface area contributed by atoms with Crippen LogP contribution in [0, 0.1) is 10.1 Å². The largest absolute Gasteiger partial charge is 0.497 e. The number of nitrogens with zero attached hydrogens (tertiary/aromatic N) is 4. The molecular weight excluding hydrogens is 452 g/mol. The summed E-state index contributed by atoms with van der Waals surface area (Å²) in [4.78, 5) is 32.3. The van der Waals surface area contributed by atoms with Crippen LogP contribution in [0.15, 0.2) is 42.5 Å². The van der Waals surface area contributed by atoms with Gasteiger partial charge in [0.25, 0.3) is 5.69 Å². The zero-order valence-electron chi connectivity index (χ0n) is 18.3. The molecule has 1 amide bonds. The van der Waals surface area contributed by atoms with E-state index in [2.05, 4.69) is 23.7 Å². The number of carbonyl (C=O) groups excluding carboxylic acids is 1. The summed E-state index contributed by atoms with van der Waals surface area (Å²) in [6, 6.07) is 11.8. The van der Waals surface area contributed by atoms with Crippen LogP contribution in [0.5, 0.6) is 5.75 Å². The molecule has 0 radical (unpaired) electrons. The lowest BCUT2D eigenvalue weighted by Crippen LogP contribution is -2.39. The number of thiazole rings is 1. The summed E-state index contributed by atoms with van der Waals surface area (Å²) in [5, 5.41) is 11.5. The van der Waals surface area contributed by atoms with E-state index in [0.29, 0.717) is 11.7 Å². The molecule has 2 aromatic carbocycles. The molecule has 1 aromatic heterocycles. The number of non-ortho nitro benzene ring substituents is 1. The van der Waals surface area contributed by atoms with Gasteiger partial charge in [-0.05, 0) is 36.9 Å². The van der Waals surface area contributed by atoms with Gasteiger partial charge < -0.3 is 9.64 Å². The van der Waals surface area contributed by atoms with E-state index < -0.39 is 4.92 Å². The number of nitro groups is 1. The van der Waals surface area contributed by atoms with Gasteiger partial charge in [0.2, 0.25) is 5.91 Å². The molecule has 0 saturated carbocycles. The van der Waals surface area contributed by atoms with Crippen molar-refractivity contribution < 1.29 is 14.5 Å². The Morgan fingerprint density at radius 3 is 2.41 bits per heavy atom. The van der Waals surface area contributed by atoms with Gasteiger partial charge in [0.15, 0.2) is 5.13 Å². The van der Waals surface area contributed by atoms with E-state index in [-0.39, 0.29) is 30.4 Å². The Kier molecular flexibility index (Phi) is 9.37. The molecule has 3 aromatic rings. The van der Waals surface area contributed by atoms with Gasteiger partial charge in [-0.25, -0.2) is 4.98 Å². The minimum Gasteiger partial charge on any atom is -0.497 e. The number of carbonyl (C=O) groups is 1. The van der Waals surface area contributed by atoms with Crippen molar-refractivity contribution >= 4 is 50.7 Å². The van der Waals surface area contributed by atoms with Gasteiger partial charge in [-0.2, -0.15) is 0 Å². The lowest BCUT2D eigenvalue weighted by atomic mass is 10.1. The second-order valence-corrected chi connectivity index (χ2v) is 8.01. The molecule has 8 nitrogen and oxygen atoms in total. The van der Waals surface area contributed by atoms with Crippen molar-refractivity contribution in [1.29, 1.82) is 0 Å². The van der Waals surface area contributed by atoms with Crippen molar-refractivity contribution in [2.45, 2.75) is 20.3 Å². The summed E-state index contributed by atoms with van der Waals surface area (Å²) < 4.78 is 6.25. The van der Waals surface area contributed by atoms with Crippen molar-refractivity contribution in [1.82, 2.24) is 9.88 Å². The van der Waals surface area contributed by atoms with Crippen molar-refractivity contribution in [3.8, 4) is 5.75 Å². The fourth-order valence-electron chi connectivity index (χ4n) is 3.25. The fraction of sp³-hybridized carbons (Fsp3) is 0.364. The molecule has 0 saturated heterocycles. The van der Waals surface area contributed by atoms with Crippen LogP contribution in [0.1, 0.15) is 19.4 Å². The molecule has 0 bridgehead atoms. The van der Waals surface area contributed by atoms with E-state index in [1.54, 1.807) is 24.1 Å². The first-order valence-electron chi connectivity index (χ1n) is 10.2. The van der Waals surface area contributed by atoms with Crippen LogP contribution >= 0.6 is 23.7 Å². The summed E-state index contributed by atoms with van der Waals surface area (Å²) in [6.45, 7) is 7.24. The number of aromatic nitrogens is 1. The van der Waals surface area contributed by atoms with Crippen LogP contribution in [0.25, 0.3) is 10.2 Å². The molecule has 172 valence electrons. The Labute approximate surface area is 197 Å². The van der Waals surface area contributed by atoms with E-state index in [1.807, 2.05) is 18.2 Å². The molecule has 0 unspecified atom stereocenters. The predicted molar refractivity (Wildman–Crippen MR) is 130 cm³/mol. The van der Waals surface area contributed by atoms with Crippen LogP contribution in [-0.2, 0) is 11.2 Å². The van der Waals surface area contributed by atoms with Crippen LogP contribution in [-0.4, -0.2) is 54.0 Å². The van der Waals surface area contributed by atoms with Gasteiger partial charge in [-0.15, -0.1) is 12.4 Å². The monoisotopic (exact) mass is 478 g/mol. The zero-order valence-corrected chi connectivity index (χ0v) is 19.9. The van der Waals surface area contributed by atoms with E-state index >= 15 is 0 Å². The van der Waals surface area contributed by atoms with Crippen molar-refractivity contribution in [2.24, 2.45) is 0 Å². The van der Waals surface area contributed by atoms with Crippen molar-refractivity contribution in [2.75, 3.05) is 38.2 Å². The fourth-order valence-corrected chi connectivity index (χ4v) is 4.29. The molecule has 0 fully saturated rings. The van der Waals surface area contributed by atoms with Gasteiger partial charge in [0.05, 0.1) is 28.7 Å².